The van der Waals surface area contributed by atoms with Crippen molar-refractivity contribution in [3.8, 4) is 11.1 Å². The third-order valence-electron chi connectivity index (χ3n) is 3.88. The minimum atomic E-state index is 0.843. The number of rotatable bonds is 2. The van der Waals surface area contributed by atoms with E-state index in [-0.39, 0.29) is 0 Å². The third-order valence-corrected chi connectivity index (χ3v) is 3.88. The van der Waals surface area contributed by atoms with Gasteiger partial charge < -0.3 is 9.80 Å². The Kier molecular flexibility index (Phi) is 3.65. The average Bonchev–Trinajstić information content (AvgIpc) is 2.49. The minimum absolute atomic E-state index is 0.843. The van der Waals surface area contributed by atoms with Crippen LogP contribution < -0.4 is 4.90 Å². The number of aromatic nitrogens is 2. The van der Waals surface area contributed by atoms with Crippen molar-refractivity contribution in [1.29, 1.82) is 0 Å². The van der Waals surface area contributed by atoms with Gasteiger partial charge in [0, 0.05) is 44.1 Å². The fourth-order valence-electron chi connectivity index (χ4n) is 2.53. The molecule has 0 unspecified atom stereocenters. The lowest BCUT2D eigenvalue weighted by molar-refractivity contribution is 0.311. The Labute approximate surface area is 120 Å². The molecule has 0 spiro atoms. The lowest BCUT2D eigenvalue weighted by Gasteiger charge is -2.32. The summed E-state index contributed by atoms with van der Waals surface area (Å²) in [4.78, 5) is 13.7. The van der Waals surface area contributed by atoms with Crippen LogP contribution in [0.2, 0.25) is 0 Å². The molecule has 4 nitrogen and oxygen atoms in total. The van der Waals surface area contributed by atoms with Gasteiger partial charge in [-0.25, -0.2) is 9.97 Å². The minimum Gasteiger partial charge on any atom is -0.338 e. The molecule has 4 heteroatoms. The van der Waals surface area contributed by atoms with E-state index in [2.05, 4.69) is 58.0 Å². The second-order valence-corrected chi connectivity index (χ2v) is 5.38. The van der Waals surface area contributed by atoms with E-state index in [4.69, 9.17) is 0 Å². The van der Waals surface area contributed by atoms with E-state index < -0.39 is 0 Å². The van der Waals surface area contributed by atoms with Crippen molar-refractivity contribution in [3.05, 3.63) is 42.2 Å². The van der Waals surface area contributed by atoms with E-state index in [1.165, 1.54) is 11.1 Å². The van der Waals surface area contributed by atoms with Crippen molar-refractivity contribution in [2.45, 2.75) is 6.92 Å². The van der Waals surface area contributed by atoms with Gasteiger partial charge in [0.15, 0.2) is 0 Å². The molecule has 0 bridgehead atoms. The number of likely N-dealkylation sites (N-methyl/N-ethyl adjacent to an activating group) is 1. The Hall–Kier alpha value is -1.94. The highest BCUT2D eigenvalue weighted by Gasteiger charge is 2.16. The summed E-state index contributed by atoms with van der Waals surface area (Å²) < 4.78 is 0. The number of aryl methyl sites for hydroxylation is 1. The van der Waals surface area contributed by atoms with Gasteiger partial charge in [-0.15, -0.1) is 0 Å². The second-order valence-electron chi connectivity index (χ2n) is 5.38. The molecule has 0 saturated carbocycles. The number of hydrogen-bond acceptors (Lipinski definition) is 4. The summed E-state index contributed by atoms with van der Waals surface area (Å²) in [5, 5.41) is 0. The Bertz CT molecular complexity index is 571. The van der Waals surface area contributed by atoms with Crippen LogP contribution in [0.4, 0.5) is 5.95 Å². The van der Waals surface area contributed by atoms with Gasteiger partial charge in [-0.2, -0.15) is 0 Å². The molecular formula is C16H20N4. The summed E-state index contributed by atoms with van der Waals surface area (Å²) in [5.74, 6) is 0.843. The second kappa shape index (κ2) is 5.59. The largest absolute Gasteiger partial charge is 0.338 e. The summed E-state index contributed by atoms with van der Waals surface area (Å²) in [6, 6.07) is 8.34. The molecule has 2 aromatic rings. The van der Waals surface area contributed by atoms with Crippen LogP contribution in [0.1, 0.15) is 5.56 Å². The van der Waals surface area contributed by atoms with Crippen LogP contribution in [0.15, 0.2) is 36.7 Å². The third kappa shape index (κ3) is 2.65. The first-order valence-electron chi connectivity index (χ1n) is 7.05. The van der Waals surface area contributed by atoms with E-state index in [0.717, 1.165) is 37.7 Å². The van der Waals surface area contributed by atoms with Crippen molar-refractivity contribution in [2.75, 3.05) is 38.1 Å². The standard InChI is InChI=1S/C16H20N4/c1-13-5-3-4-6-15(13)14-11-17-16(18-12-14)20-9-7-19(2)8-10-20/h3-6,11-12H,7-10H2,1-2H3. The lowest BCUT2D eigenvalue weighted by Crippen LogP contribution is -2.45. The van der Waals surface area contributed by atoms with Gasteiger partial charge >= 0.3 is 0 Å². The van der Waals surface area contributed by atoms with E-state index in [1.54, 1.807) is 0 Å². The van der Waals surface area contributed by atoms with Crippen molar-refractivity contribution in [3.63, 3.8) is 0 Å². The van der Waals surface area contributed by atoms with E-state index >= 15 is 0 Å². The fourth-order valence-corrected chi connectivity index (χ4v) is 2.53. The maximum atomic E-state index is 4.54. The molecule has 1 aromatic heterocycles. The molecule has 0 aliphatic carbocycles. The van der Waals surface area contributed by atoms with Crippen LogP contribution in [0, 0.1) is 6.92 Å². The summed E-state index contributed by atoms with van der Waals surface area (Å²) in [6.07, 6.45) is 3.87. The highest BCUT2D eigenvalue weighted by molar-refractivity contribution is 5.65. The number of nitrogens with zero attached hydrogens (tertiary/aromatic N) is 4. The van der Waals surface area contributed by atoms with Crippen LogP contribution >= 0.6 is 0 Å². The first-order valence-corrected chi connectivity index (χ1v) is 7.05. The maximum Gasteiger partial charge on any atom is 0.225 e. The molecule has 1 fully saturated rings. The van der Waals surface area contributed by atoms with Gasteiger partial charge in [0.05, 0.1) is 0 Å². The molecule has 1 aliphatic rings. The highest BCUT2D eigenvalue weighted by Crippen LogP contribution is 2.22. The SMILES string of the molecule is Cc1ccccc1-c1cnc(N2CCN(C)CC2)nc1. The Morgan fingerprint density at radius 3 is 2.25 bits per heavy atom. The number of hydrogen-bond donors (Lipinski definition) is 0. The highest BCUT2D eigenvalue weighted by atomic mass is 15.3. The van der Waals surface area contributed by atoms with Gasteiger partial charge in [0.25, 0.3) is 0 Å². The van der Waals surface area contributed by atoms with E-state index in [9.17, 15) is 0 Å². The lowest BCUT2D eigenvalue weighted by atomic mass is 10.0. The van der Waals surface area contributed by atoms with Gasteiger partial charge in [-0.05, 0) is 25.1 Å². The summed E-state index contributed by atoms with van der Waals surface area (Å²) in [5.41, 5.74) is 3.54. The van der Waals surface area contributed by atoms with Gasteiger partial charge in [0.1, 0.15) is 0 Å². The fraction of sp³-hybridized carbons (Fsp3) is 0.375. The van der Waals surface area contributed by atoms with E-state index in [0.29, 0.717) is 0 Å². The number of piperazine rings is 1. The number of benzene rings is 1. The van der Waals surface area contributed by atoms with Gasteiger partial charge in [0.2, 0.25) is 5.95 Å². The molecule has 20 heavy (non-hydrogen) atoms. The molecular weight excluding hydrogens is 248 g/mol. The maximum absolute atomic E-state index is 4.54. The van der Waals surface area contributed by atoms with Crippen LogP contribution in [-0.4, -0.2) is 48.1 Å². The predicted molar refractivity (Wildman–Crippen MR) is 81.9 cm³/mol. The summed E-state index contributed by atoms with van der Waals surface area (Å²) in [6.45, 7) is 6.26. The zero-order chi connectivity index (χ0) is 13.9. The summed E-state index contributed by atoms with van der Waals surface area (Å²) in [7, 11) is 2.15. The normalized spacial score (nSPS) is 16.4. The Morgan fingerprint density at radius 2 is 1.60 bits per heavy atom. The molecule has 0 N–H and O–H groups in total. The Morgan fingerprint density at radius 1 is 0.950 bits per heavy atom. The first kappa shape index (κ1) is 13.1. The van der Waals surface area contributed by atoms with Gasteiger partial charge in [-0.1, -0.05) is 24.3 Å². The topological polar surface area (TPSA) is 32.3 Å². The zero-order valence-corrected chi connectivity index (χ0v) is 12.1. The average molecular weight is 268 g/mol. The smallest absolute Gasteiger partial charge is 0.225 e. The molecule has 0 atom stereocenters. The van der Waals surface area contributed by atoms with Crippen LogP contribution in [0.3, 0.4) is 0 Å². The van der Waals surface area contributed by atoms with Crippen LogP contribution in [0.5, 0.6) is 0 Å². The molecule has 104 valence electrons. The monoisotopic (exact) mass is 268 g/mol. The van der Waals surface area contributed by atoms with E-state index in [1.807, 2.05) is 12.4 Å². The summed E-state index contributed by atoms with van der Waals surface area (Å²) >= 11 is 0. The predicted octanol–water partition coefficient (Wildman–Crippen LogP) is 2.20. The van der Waals surface area contributed by atoms with Gasteiger partial charge in [-0.3, -0.25) is 0 Å². The number of anilines is 1. The quantitative estimate of drug-likeness (QED) is 0.836. The van der Waals surface area contributed by atoms with Crippen molar-refractivity contribution < 1.29 is 0 Å². The molecule has 2 heterocycles. The molecule has 3 rings (SSSR count). The molecule has 1 aliphatic heterocycles. The van der Waals surface area contributed by atoms with Crippen LogP contribution in [-0.2, 0) is 0 Å². The molecule has 1 saturated heterocycles. The first-order chi connectivity index (χ1) is 9.74. The van der Waals surface area contributed by atoms with Crippen molar-refractivity contribution in [1.82, 2.24) is 14.9 Å². The Balaban J connectivity index is 1.80. The molecule has 1 aromatic carbocycles. The van der Waals surface area contributed by atoms with Crippen LogP contribution in [0.25, 0.3) is 11.1 Å². The van der Waals surface area contributed by atoms with Crippen molar-refractivity contribution in [2.24, 2.45) is 0 Å². The van der Waals surface area contributed by atoms with Crippen molar-refractivity contribution >= 4 is 5.95 Å². The molecule has 0 amide bonds. The molecule has 0 radical (unpaired) electrons. The zero-order valence-electron chi connectivity index (χ0n) is 12.1.